The molecule has 0 aromatic heterocycles. The molecule has 4 nitrogen and oxygen atoms in total. The summed E-state index contributed by atoms with van der Waals surface area (Å²) in [7, 11) is 3.27. The Kier molecular flexibility index (Phi) is 3.73. The molecule has 0 aromatic carbocycles. The Morgan fingerprint density at radius 1 is 1.25 bits per heavy atom. The monoisotopic (exact) mass is 190 g/mol. The summed E-state index contributed by atoms with van der Waals surface area (Å²) in [5.41, 5.74) is 0. The molecule has 0 rings (SSSR count). The Hall–Kier alpha value is -0.553. The lowest BCUT2D eigenvalue weighted by Crippen LogP contribution is -2.52. The maximum absolute atomic E-state index is 11.5. The van der Waals surface area contributed by atoms with Crippen molar-refractivity contribution < 1.29 is 9.63 Å². The van der Waals surface area contributed by atoms with Gasteiger partial charge in [0.05, 0.1) is 7.11 Å². The second kappa shape index (κ2) is 3.91. The molecule has 0 radical (unpaired) electrons. The summed E-state index contributed by atoms with van der Waals surface area (Å²) in [6, 6.07) is -0.0864. The standard InChI is InChI=1S/C7H18N2O2Si/c1-8(2)7(10)9(11-3)12(4,5)6/h1-6H3. The minimum absolute atomic E-state index is 0.0864. The molecule has 0 heterocycles. The lowest BCUT2D eigenvalue weighted by atomic mass is 10.9. The molecule has 0 bridgehead atoms. The number of hydroxylamine groups is 1. The molecule has 0 saturated carbocycles. The Bertz CT molecular complexity index is 165. The lowest BCUT2D eigenvalue weighted by Gasteiger charge is -2.33. The van der Waals surface area contributed by atoms with Crippen LogP contribution in [0.3, 0.4) is 0 Å². The van der Waals surface area contributed by atoms with Crippen molar-refractivity contribution in [1.29, 1.82) is 0 Å². The van der Waals surface area contributed by atoms with Gasteiger partial charge in [-0.2, -0.15) is 0 Å². The molecule has 72 valence electrons. The average molecular weight is 190 g/mol. The van der Waals surface area contributed by atoms with Crippen molar-refractivity contribution in [2.75, 3.05) is 21.2 Å². The third-order valence-corrected chi connectivity index (χ3v) is 2.94. The molecule has 5 heteroatoms. The van der Waals surface area contributed by atoms with E-state index in [1.165, 1.54) is 16.7 Å². The first-order chi connectivity index (χ1) is 5.30. The van der Waals surface area contributed by atoms with Gasteiger partial charge in [0, 0.05) is 14.1 Å². The van der Waals surface area contributed by atoms with Gasteiger partial charge in [0.2, 0.25) is 0 Å². The Balaban J connectivity index is 4.47. The number of hydrogen-bond donors (Lipinski definition) is 0. The zero-order valence-corrected chi connectivity index (χ0v) is 9.71. The third kappa shape index (κ3) is 2.82. The summed E-state index contributed by atoms with van der Waals surface area (Å²) in [5.74, 6) is 0. The molecule has 0 unspecified atom stereocenters. The van der Waals surface area contributed by atoms with Crippen LogP contribution in [0, 0.1) is 0 Å². The molecule has 0 saturated heterocycles. The molecular formula is C7H18N2O2Si. The van der Waals surface area contributed by atoms with E-state index in [-0.39, 0.29) is 6.03 Å². The summed E-state index contributed by atoms with van der Waals surface area (Å²) in [4.78, 5) is 18.0. The molecule has 0 aromatic rings. The second-order valence-corrected chi connectivity index (χ2v) is 8.57. The van der Waals surface area contributed by atoms with Crippen molar-refractivity contribution in [3.63, 3.8) is 0 Å². The van der Waals surface area contributed by atoms with E-state index in [4.69, 9.17) is 4.84 Å². The molecule has 12 heavy (non-hydrogen) atoms. The Morgan fingerprint density at radius 2 is 1.67 bits per heavy atom. The highest BCUT2D eigenvalue weighted by Crippen LogP contribution is 2.10. The molecule has 0 aliphatic rings. The number of carbonyl (C=O) groups excluding carboxylic acids is 1. The van der Waals surface area contributed by atoms with Crippen LogP contribution in [-0.4, -0.2) is 45.1 Å². The molecule has 0 aliphatic heterocycles. The van der Waals surface area contributed by atoms with E-state index in [1.54, 1.807) is 14.1 Å². The maximum atomic E-state index is 11.5. The maximum Gasteiger partial charge on any atom is 0.334 e. The van der Waals surface area contributed by atoms with E-state index in [0.29, 0.717) is 0 Å². The topological polar surface area (TPSA) is 32.8 Å². The van der Waals surface area contributed by atoms with Gasteiger partial charge in [-0.25, -0.2) is 9.52 Å². The zero-order chi connectivity index (χ0) is 9.94. The van der Waals surface area contributed by atoms with Gasteiger partial charge in [-0.05, 0) is 19.6 Å². The van der Waals surface area contributed by atoms with Gasteiger partial charge in [0.25, 0.3) is 0 Å². The van der Waals surface area contributed by atoms with E-state index in [1.807, 2.05) is 0 Å². The van der Waals surface area contributed by atoms with Crippen LogP contribution in [0.2, 0.25) is 19.6 Å². The van der Waals surface area contributed by atoms with E-state index >= 15 is 0 Å². The predicted octanol–water partition coefficient (Wildman–Crippen LogP) is 1.37. The fourth-order valence-electron chi connectivity index (χ4n) is 0.821. The number of rotatable bonds is 2. The number of nitrogens with zero attached hydrogens (tertiary/aromatic N) is 2. The first kappa shape index (κ1) is 11.4. The van der Waals surface area contributed by atoms with E-state index in [0.717, 1.165) is 0 Å². The number of carbonyl (C=O) groups is 1. The van der Waals surface area contributed by atoms with Gasteiger partial charge in [0.15, 0.2) is 8.24 Å². The molecular weight excluding hydrogens is 172 g/mol. The zero-order valence-electron chi connectivity index (χ0n) is 8.71. The Morgan fingerprint density at radius 3 is 1.75 bits per heavy atom. The number of amides is 2. The second-order valence-electron chi connectivity index (χ2n) is 3.82. The summed E-state index contributed by atoms with van der Waals surface area (Å²) in [6.07, 6.45) is 0. The highest BCUT2D eigenvalue weighted by atomic mass is 28.3. The van der Waals surface area contributed by atoms with Crippen molar-refractivity contribution in [2.24, 2.45) is 0 Å². The van der Waals surface area contributed by atoms with Crippen LogP contribution in [0.4, 0.5) is 4.79 Å². The lowest BCUT2D eigenvalue weighted by molar-refractivity contribution is -0.0305. The van der Waals surface area contributed by atoms with E-state index < -0.39 is 8.24 Å². The summed E-state index contributed by atoms with van der Waals surface area (Å²) >= 11 is 0. The van der Waals surface area contributed by atoms with Crippen LogP contribution in [-0.2, 0) is 4.84 Å². The van der Waals surface area contributed by atoms with Crippen LogP contribution in [0.5, 0.6) is 0 Å². The molecule has 0 N–H and O–H groups in total. The van der Waals surface area contributed by atoms with Crippen molar-refractivity contribution in [3.05, 3.63) is 0 Å². The molecule has 2 amide bonds. The largest absolute Gasteiger partial charge is 0.334 e. The smallest absolute Gasteiger partial charge is 0.330 e. The number of urea groups is 1. The molecule has 0 atom stereocenters. The highest BCUT2D eigenvalue weighted by Gasteiger charge is 2.30. The molecule has 0 spiro atoms. The van der Waals surface area contributed by atoms with Gasteiger partial charge in [-0.3, -0.25) is 4.84 Å². The van der Waals surface area contributed by atoms with Crippen LogP contribution >= 0.6 is 0 Å². The number of hydrogen-bond acceptors (Lipinski definition) is 2. The fourth-order valence-corrected chi connectivity index (χ4v) is 2.14. The predicted molar refractivity (Wildman–Crippen MR) is 51.3 cm³/mol. The van der Waals surface area contributed by atoms with Crippen LogP contribution in [0.25, 0.3) is 0 Å². The third-order valence-electron chi connectivity index (χ3n) is 1.35. The SMILES string of the molecule is CON(C(=O)N(C)C)[Si](C)(C)C. The highest BCUT2D eigenvalue weighted by molar-refractivity contribution is 6.74. The van der Waals surface area contributed by atoms with Crippen molar-refractivity contribution >= 4 is 14.3 Å². The quantitative estimate of drug-likeness (QED) is 0.486. The molecule has 0 fully saturated rings. The summed E-state index contributed by atoms with van der Waals surface area (Å²) in [6.45, 7) is 6.16. The molecule has 0 aliphatic carbocycles. The minimum atomic E-state index is -1.69. The van der Waals surface area contributed by atoms with Crippen LogP contribution in [0.1, 0.15) is 0 Å². The summed E-state index contributed by atoms with van der Waals surface area (Å²) < 4.78 is 1.48. The van der Waals surface area contributed by atoms with Crippen LogP contribution in [0.15, 0.2) is 0 Å². The van der Waals surface area contributed by atoms with E-state index in [2.05, 4.69) is 19.6 Å². The fraction of sp³-hybridized carbons (Fsp3) is 0.857. The Labute approximate surface area is 75.1 Å². The normalized spacial score (nSPS) is 11.2. The van der Waals surface area contributed by atoms with Gasteiger partial charge in [-0.1, -0.05) is 0 Å². The first-order valence-electron chi connectivity index (χ1n) is 3.86. The van der Waals surface area contributed by atoms with Crippen molar-refractivity contribution in [2.45, 2.75) is 19.6 Å². The van der Waals surface area contributed by atoms with Gasteiger partial charge in [0.1, 0.15) is 0 Å². The van der Waals surface area contributed by atoms with Crippen LogP contribution < -0.4 is 0 Å². The first-order valence-corrected chi connectivity index (χ1v) is 7.31. The minimum Gasteiger partial charge on any atom is -0.330 e. The van der Waals surface area contributed by atoms with Crippen molar-refractivity contribution in [1.82, 2.24) is 9.63 Å². The van der Waals surface area contributed by atoms with Gasteiger partial charge in [-0.15, -0.1) is 0 Å². The van der Waals surface area contributed by atoms with Crippen molar-refractivity contribution in [3.8, 4) is 0 Å². The van der Waals surface area contributed by atoms with Gasteiger partial charge >= 0.3 is 6.03 Å². The average Bonchev–Trinajstić information content (AvgIpc) is 1.85. The summed E-state index contributed by atoms with van der Waals surface area (Å²) in [5, 5.41) is 0. The van der Waals surface area contributed by atoms with E-state index in [9.17, 15) is 4.79 Å². The van der Waals surface area contributed by atoms with Gasteiger partial charge < -0.3 is 4.90 Å².